The molecule has 136 valence electrons. The molecule has 9 heteroatoms. The van der Waals surface area contributed by atoms with Crippen molar-refractivity contribution in [2.75, 3.05) is 12.8 Å². The Labute approximate surface area is 159 Å². The molecule has 27 heavy (non-hydrogen) atoms. The third kappa shape index (κ3) is 3.00. The van der Waals surface area contributed by atoms with Gasteiger partial charge in [-0.05, 0) is 30.7 Å². The first-order valence-corrected chi connectivity index (χ1v) is 8.41. The SMILES string of the molecule is COc1ccc(Cl)cc1-n1nnc(-c2nc(-c3ccccc3C)no2)c1N. The standard InChI is InChI=1S/C18H15ClN6O2/c1-10-5-3-4-6-12(10)17-21-18(27-23-17)15-16(20)25(24-22-15)13-9-11(19)7-8-14(13)26-2/h3-9H,20H2,1-2H3. The van der Waals surface area contributed by atoms with Crippen molar-refractivity contribution in [3.05, 3.63) is 53.1 Å². The highest BCUT2D eigenvalue weighted by Gasteiger charge is 2.21. The third-order valence-electron chi connectivity index (χ3n) is 4.09. The highest BCUT2D eigenvalue weighted by Crippen LogP contribution is 2.31. The molecular formula is C18H15ClN6O2. The van der Waals surface area contributed by atoms with Crippen molar-refractivity contribution in [1.82, 2.24) is 25.1 Å². The van der Waals surface area contributed by atoms with Crippen LogP contribution in [0.1, 0.15) is 5.56 Å². The second-order valence-electron chi connectivity index (χ2n) is 5.79. The number of hydrogen-bond donors (Lipinski definition) is 1. The molecule has 2 N–H and O–H groups in total. The summed E-state index contributed by atoms with van der Waals surface area (Å²) in [5.74, 6) is 1.42. The van der Waals surface area contributed by atoms with E-state index in [1.165, 1.54) is 4.68 Å². The van der Waals surface area contributed by atoms with Crippen LogP contribution in [0.5, 0.6) is 5.75 Å². The minimum absolute atomic E-state index is 0.179. The summed E-state index contributed by atoms with van der Waals surface area (Å²) in [6, 6.07) is 12.9. The summed E-state index contributed by atoms with van der Waals surface area (Å²) >= 11 is 6.09. The van der Waals surface area contributed by atoms with Gasteiger partial charge in [0.25, 0.3) is 5.89 Å². The van der Waals surface area contributed by atoms with Gasteiger partial charge in [-0.1, -0.05) is 46.2 Å². The minimum Gasteiger partial charge on any atom is -0.494 e. The first-order chi connectivity index (χ1) is 13.1. The molecule has 0 aliphatic rings. The first-order valence-electron chi connectivity index (χ1n) is 8.03. The van der Waals surface area contributed by atoms with Crippen LogP contribution in [0.15, 0.2) is 47.0 Å². The fraction of sp³-hybridized carbons (Fsp3) is 0.111. The maximum atomic E-state index is 6.23. The Morgan fingerprint density at radius 3 is 2.78 bits per heavy atom. The average molecular weight is 383 g/mol. The first kappa shape index (κ1) is 17.0. The van der Waals surface area contributed by atoms with Crippen LogP contribution in [0.25, 0.3) is 28.7 Å². The normalized spacial score (nSPS) is 10.9. The summed E-state index contributed by atoms with van der Waals surface area (Å²) in [4.78, 5) is 4.41. The molecule has 0 saturated heterocycles. The van der Waals surface area contributed by atoms with Gasteiger partial charge in [0.15, 0.2) is 11.5 Å². The number of ether oxygens (including phenoxy) is 1. The Hall–Kier alpha value is -3.39. The lowest BCUT2D eigenvalue weighted by molar-refractivity contribution is 0.411. The zero-order valence-electron chi connectivity index (χ0n) is 14.5. The smallest absolute Gasteiger partial charge is 0.282 e. The zero-order valence-corrected chi connectivity index (χ0v) is 15.3. The second kappa shape index (κ2) is 6.73. The summed E-state index contributed by atoms with van der Waals surface area (Å²) in [6.45, 7) is 1.97. The summed E-state index contributed by atoms with van der Waals surface area (Å²) < 4.78 is 12.1. The lowest BCUT2D eigenvalue weighted by Crippen LogP contribution is -2.04. The lowest BCUT2D eigenvalue weighted by Gasteiger charge is -2.09. The fourth-order valence-corrected chi connectivity index (χ4v) is 2.87. The molecule has 0 unspecified atom stereocenters. The molecule has 2 aromatic carbocycles. The summed E-state index contributed by atoms with van der Waals surface area (Å²) in [5, 5.41) is 12.7. The van der Waals surface area contributed by atoms with E-state index in [1.54, 1.807) is 25.3 Å². The van der Waals surface area contributed by atoms with Gasteiger partial charge in [-0.3, -0.25) is 0 Å². The Morgan fingerprint density at radius 1 is 1.19 bits per heavy atom. The van der Waals surface area contributed by atoms with Gasteiger partial charge >= 0.3 is 0 Å². The molecule has 4 rings (SSSR count). The highest BCUT2D eigenvalue weighted by atomic mass is 35.5. The molecule has 0 saturated carbocycles. The minimum atomic E-state index is 0.179. The zero-order chi connectivity index (χ0) is 19.0. The van der Waals surface area contributed by atoms with Crippen LogP contribution in [0.3, 0.4) is 0 Å². The number of halogens is 1. The van der Waals surface area contributed by atoms with Gasteiger partial charge in [0.05, 0.1) is 7.11 Å². The monoisotopic (exact) mass is 382 g/mol. The molecule has 0 aliphatic carbocycles. The van der Waals surface area contributed by atoms with E-state index in [-0.39, 0.29) is 17.4 Å². The van der Waals surface area contributed by atoms with Gasteiger partial charge in [-0.25, -0.2) is 0 Å². The van der Waals surface area contributed by atoms with Crippen LogP contribution in [-0.4, -0.2) is 32.2 Å². The Bertz CT molecular complexity index is 1120. The fourth-order valence-electron chi connectivity index (χ4n) is 2.70. The van der Waals surface area contributed by atoms with Crippen molar-refractivity contribution in [2.24, 2.45) is 0 Å². The molecule has 0 fully saturated rings. The van der Waals surface area contributed by atoms with Crippen molar-refractivity contribution in [3.63, 3.8) is 0 Å². The van der Waals surface area contributed by atoms with Crippen LogP contribution >= 0.6 is 11.6 Å². The largest absolute Gasteiger partial charge is 0.494 e. The quantitative estimate of drug-likeness (QED) is 0.575. The Morgan fingerprint density at radius 2 is 2.00 bits per heavy atom. The van der Waals surface area contributed by atoms with Crippen molar-refractivity contribution in [3.8, 4) is 34.4 Å². The predicted octanol–water partition coefficient (Wildman–Crippen LogP) is 3.54. The maximum absolute atomic E-state index is 6.23. The molecule has 0 bridgehead atoms. The second-order valence-corrected chi connectivity index (χ2v) is 6.23. The molecular weight excluding hydrogens is 368 g/mol. The summed E-state index contributed by atoms with van der Waals surface area (Å²) in [6.07, 6.45) is 0. The molecule has 2 heterocycles. The average Bonchev–Trinajstić information content (AvgIpc) is 3.28. The van der Waals surface area contributed by atoms with Crippen molar-refractivity contribution in [1.29, 1.82) is 0 Å². The molecule has 8 nitrogen and oxygen atoms in total. The topological polar surface area (TPSA) is 105 Å². The van der Waals surface area contributed by atoms with Gasteiger partial charge < -0.3 is 15.0 Å². The van der Waals surface area contributed by atoms with E-state index in [0.717, 1.165) is 11.1 Å². The van der Waals surface area contributed by atoms with E-state index < -0.39 is 0 Å². The number of aryl methyl sites for hydroxylation is 1. The van der Waals surface area contributed by atoms with E-state index in [1.807, 2.05) is 31.2 Å². The van der Waals surface area contributed by atoms with Crippen LogP contribution in [-0.2, 0) is 0 Å². The molecule has 0 spiro atoms. The maximum Gasteiger partial charge on any atom is 0.282 e. The van der Waals surface area contributed by atoms with Crippen LogP contribution in [0.4, 0.5) is 5.82 Å². The van der Waals surface area contributed by atoms with Crippen molar-refractivity contribution in [2.45, 2.75) is 6.92 Å². The highest BCUT2D eigenvalue weighted by molar-refractivity contribution is 6.30. The molecule has 0 amide bonds. The predicted molar refractivity (Wildman–Crippen MR) is 101 cm³/mol. The lowest BCUT2D eigenvalue weighted by atomic mass is 10.1. The van der Waals surface area contributed by atoms with Gasteiger partial charge in [0.2, 0.25) is 5.82 Å². The number of benzene rings is 2. The number of aromatic nitrogens is 5. The number of hydrogen-bond acceptors (Lipinski definition) is 7. The summed E-state index contributed by atoms with van der Waals surface area (Å²) in [7, 11) is 1.55. The van der Waals surface area contributed by atoms with Crippen LogP contribution < -0.4 is 10.5 Å². The molecule has 4 aromatic rings. The number of anilines is 1. The van der Waals surface area contributed by atoms with Gasteiger partial charge in [-0.15, -0.1) is 5.10 Å². The Kier molecular flexibility index (Phi) is 4.25. The van der Waals surface area contributed by atoms with E-state index in [2.05, 4.69) is 20.5 Å². The number of nitrogen functional groups attached to an aromatic ring is 1. The van der Waals surface area contributed by atoms with Gasteiger partial charge in [0.1, 0.15) is 11.4 Å². The number of rotatable bonds is 4. The summed E-state index contributed by atoms with van der Waals surface area (Å²) in [5.41, 5.74) is 8.97. The molecule has 0 radical (unpaired) electrons. The van der Waals surface area contributed by atoms with Gasteiger partial charge in [0, 0.05) is 10.6 Å². The van der Waals surface area contributed by atoms with Crippen LogP contribution in [0, 0.1) is 6.92 Å². The van der Waals surface area contributed by atoms with E-state index in [9.17, 15) is 0 Å². The Balaban J connectivity index is 1.76. The molecule has 0 atom stereocenters. The van der Waals surface area contributed by atoms with E-state index in [4.69, 9.17) is 26.6 Å². The van der Waals surface area contributed by atoms with Crippen LogP contribution in [0.2, 0.25) is 5.02 Å². The van der Waals surface area contributed by atoms with E-state index in [0.29, 0.717) is 22.3 Å². The number of nitrogens with zero attached hydrogens (tertiary/aromatic N) is 5. The van der Waals surface area contributed by atoms with E-state index >= 15 is 0 Å². The number of nitrogens with two attached hydrogens (primary N) is 1. The molecule has 2 aromatic heterocycles. The van der Waals surface area contributed by atoms with Gasteiger partial charge in [-0.2, -0.15) is 9.67 Å². The van der Waals surface area contributed by atoms with Crippen molar-refractivity contribution >= 4 is 17.4 Å². The molecule has 0 aliphatic heterocycles. The van der Waals surface area contributed by atoms with Crippen molar-refractivity contribution < 1.29 is 9.26 Å². The third-order valence-corrected chi connectivity index (χ3v) is 4.32. The number of methoxy groups -OCH3 is 1.